The third-order valence-electron chi connectivity index (χ3n) is 3.98. The number of nitrogens with zero attached hydrogens (tertiary/aromatic N) is 1. The second-order valence-corrected chi connectivity index (χ2v) is 5.88. The average Bonchev–Trinajstić information content (AvgIpc) is 2.94. The van der Waals surface area contributed by atoms with E-state index in [9.17, 15) is 19.7 Å². The molecule has 0 aromatic heterocycles. The number of nitro groups is 1. The Bertz CT molecular complexity index is 638. The van der Waals surface area contributed by atoms with Crippen LogP contribution in [0.1, 0.15) is 19.4 Å². The summed E-state index contributed by atoms with van der Waals surface area (Å²) < 4.78 is 0. The van der Waals surface area contributed by atoms with Crippen LogP contribution >= 0.6 is 0 Å². The number of amides is 1. The number of carboxylic acids is 1. The number of carbonyl (C=O) groups is 2. The molecule has 1 fully saturated rings. The van der Waals surface area contributed by atoms with Crippen LogP contribution in [0.5, 0.6) is 0 Å². The summed E-state index contributed by atoms with van der Waals surface area (Å²) in [5.74, 6) is -2.98. The number of nitro benzene ring substituents is 1. The minimum absolute atomic E-state index is 0.0856. The van der Waals surface area contributed by atoms with E-state index in [4.69, 9.17) is 5.11 Å². The van der Waals surface area contributed by atoms with Crippen LogP contribution in [-0.4, -0.2) is 21.9 Å². The minimum atomic E-state index is -1.03. The first-order valence-corrected chi connectivity index (χ1v) is 6.45. The molecular weight excluding hydrogens is 276 g/mol. The van der Waals surface area contributed by atoms with Gasteiger partial charge in [0.05, 0.1) is 16.8 Å². The first-order chi connectivity index (χ1) is 9.66. The Morgan fingerprint density at radius 3 is 2.43 bits per heavy atom. The Balaban J connectivity index is 2.22. The van der Waals surface area contributed by atoms with Crippen LogP contribution in [0, 0.1) is 34.3 Å². The first-order valence-electron chi connectivity index (χ1n) is 6.45. The molecule has 1 aliphatic carbocycles. The van der Waals surface area contributed by atoms with E-state index in [1.807, 2.05) is 0 Å². The monoisotopic (exact) mass is 292 g/mol. The molecule has 2 atom stereocenters. The van der Waals surface area contributed by atoms with Crippen LogP contribution in [0.3, 0.4) is 0 Å². The van der Waals surface area contributed by atoms with Crippen LogP contribution in [0.15, 0.2) is 18.2 Å². The molecule has 1 aliphatic rings. The van der Waals surface area contributed by atoms with E-state index >= 15 is 0 Å². The number of aryl methyl sites for hydroxylation is 1. The fourth-order valence-corrected chi connectivity index (χ4v) is 2.70. The molecule has 112 valence electrons. The van der Waals surface area contributed by atoms with Crippen molar-refractivity contribution in [2.45, 2.75) is 20.8 Å². The maximum atomic E-state index is 12.2. The molecule has 0 bridgehead atoms. The normalized spacial score (nSPS) is 22.4. The van der Waals surface area contributed by atoms with Crippen molar-refractivity contribution >= 4 is 23.3 Å². The maximum Gasteiger partial charge on any atom is 0.307 e. The Labute approximate surface area is 121 Å². The van der Waals surface area contributed by atoms with Gasteiger partial charge in [-0.2, -0.15) is 0 Å². The molecule has 21 heavy (non-hydrogen) atoms. The van der Waals surface area contributed by atoms with E-state index in [-0.39, 0.29) is 11.4 Å². The second-order valence-electron chi connectivity index (χ2n) is 5.88. The van der Waals surface area contributed by atoms with Crippen molar-refractivity contribution in [3.63, 3.8) is 0 Å². The Morgan fingerprint density at radius 2 is 1.95 bits per heavy atom. The molecule has 7 heteroatoms. The highest BCUT2D eigenvalue weighted by Gasteiger charge is 2.66. The molecule has 0 saturated heterocycles. The van der Waals surface area contributed by atoms with Gasteiger partial charge < -0.3 is 10.4 Å². The Hall–Kier alpha value is -2.44. The number of carbonyl (C=O) groups excluding carboxylic acids is 1. The average molecular weight is 292 g/mol. The van der Waals surface area contributed by atoms with Gasteiger partial charge in [-0.1, -0.05) is 19.9 Å². The number of benzene rings is 1. The predicted octanol–water partition coefficient (Wildman–Crippen LogP) is 2.20. The lowest BCUT2D eigenvalue weighted by molar-refractivity contribution is -0.384. The standard InChI is InChI=1S/C14H16N2O5/c1-7-4-5-8(9(6-7)16(20)21)15-12(17)10-11(13(18)19)14(10,2)3/h4-6,10-11H,1-3H3,(H,15,17)(H,18,19)/t10-,11+/m1/s1. The molecule has 2 rings (SSSR count). The number of hydrogen-bond donors (Lipinski definition) is 2. The van der Waals surface area contributed by atoms with Gasteiger partial charge in [0, 0.05) is 6.07 Å². The number of hydrogen-bond acceptors (Lipinski definition) is 4. The van der Waals surface area contributed by atoms with Crippen molar-refractivity contribution in [2.24, 2.45) is 17.3 Å². The van der Waals surface area contributed by atoms with Crippen molar-refractivity contribution in [1.29, 1.82) is 0 Å². The second kappa shape index (κ2) is 4.83. The smallest absolute Gasteiger partial charge is 0.307 e. The van der Waals surface area contributed by atoms with Crippen LogP contribution < -0.4 is 5.32 Å². The van der Waals surface area contributed by atoms with Crippen LogP contribution in [0.2, 0.25) is 0 Å². The molecule has 1 aromatic rings. The lowest BCUT2D eigenvalue weighted by Gasteiger charge is -2.07. The summed E-state index contributed by atoms with van der Waals surface area (Å²) >= 11 is 0. The predicted molar refractivity (Wildman–Crippen MR) is 74.9 cm³/mol. The summed E-state index contributed by atoms with van der Waals surface area (Å²) in [7, 11) is 0. The molecule has 1 saturated carbocycles. The largest absolute Gasteiger partial charge is 0.481 e. The number of nitrogens with one attached hydrogen (secondary N) is 1. The quantitative estimate of drug-likeness (QED) is 0.653. The summed E-state index contributed by atoms with van der Waals surface area (Å²) in [4.78, 5) is 33.7. The molecule has 2 N–H and O–H groups in total. The van der Waals surface area contributed by atoms with E-state index in [1.165, 1.54) is 12.1 Å². The molecule has 1 aromatic carbocycles. The summed E-state index contributed by atoms with van der Waals surface area (Å²) in [5, 5.41) is 22.5. The SMILES string of the molecule is Cc1ccc(NC(=O)[C@H]2[C@@H](C(=O)O)C2(C)C)c([N+](=O)[O-])c1. The molecule has 0 radical (unpaired) electrons. The number of carboxylic acid groups (broad SMARTS) is 1. The Kier molecular flexibility index (Phi) is 3.44. The van der Waals surface area contributed by atoms with E-state index in [0.717, 1.165) is 0 Å². The maximum absolute atomic E-state index is 12.2. The third kappa shape index (κ3) is 2.58. The summed E-state index contributed by atoms with van der Waals surface area (Å²) in [6.45, 7) is 5.10. The molecule has 7 nitrogen and oxygen atoms in total. The van der Waals surface area contributed by atoms with Gasteiger partial charge in [0.25, 0.3) is 5.69 Å². The fourth-order valence-electron chi connectivity index (χ4n) is 2.70. The van der Waals surface area contributed by atoms with Gasteiger partial charge in [0.15, 0.2) is 0 Å². The van der Waals surface area contributed by atoms with Crippen LogP contribution in [-0.2, 0) is 9.59 Å². The van der Waals surface area contributed by atoms with E-state index in [1.54, 1.807) is 26.8 Å². The zero-order valence-corrected chi connectivity index (χ0v) is 11.9. The summed E-state index contributed by atoms with van der Waals surface area (Å²) in [6, 6.07) is 4.47. The van der Waals surface area contributed by atoms with Gasteiger partial charge in [-0.05, 0) is 24.0 Å². The first kappa shape index (κ1) is 15.0. The zero-order valence-electron chi connectivity index (χ0n) is 11.9. The third-order valence-corrected chi connectivity index (χ3v) is 3.98. The van der Waals surface area contributed by atoms with Gasteiger partial charge >= 0.3 is 5.97 Å². The van der Waals surface area contributed by atoms with Crippen molar-refractivity contribution in [2.75, 3.05) is 5.32 Å². The zero-order chi connectivity index (χ0) is 15.9. The highest BCUT2D eigenvalue weighted by atomic mass is 16.6. The molecular formula is C14H16N2O5. The van der Waals surface area contributed by atoms with E-state index < -0.39 is 34.1 Å². The van der Waals surface area contributed by atoms with Gasteiger partial charge in [-0.15, -0.1) is 0 Å². The summed E-state index contributed by atoms with van der Waals surface area (Å²) in [5.41, 5.74) is -0.0546. The van der Waals surface area contributed by atoms with Crippen LogP contribution in [0.25, 0.3) is 0 Å². The minimum Gasteiger partial charge on any atom is -0.481 e. The topological polar surface area (TPSA) is 110 Å². The van der Waals surface area contributed by atoms with Gasteiger partial charge in [-0.25, -0.2) is 0 Å². The van der Waals surface area contributed by atoms with Crippen LogP contribution in [0.4, 0.5) is 11.4 Å². The Morgan fingerprint density at radius 1 is 1.33 bits per heavy atom. The highest BCUT2D eigenvalue weighted by molar-refractivity contribution is 6.01. The molecule has 0 aliphatic heterocycles. The van der Waals surface area contributed by atoms with Gasteiger partial charge in [-0.3, -0.25) is 19.7 Å². The van der Waals surface area contributed by atoms with Gasteiger partial charge in [0.1, 0.15) is 5.69 Å². The lowest BCUT2D eigenvalue weighted by Crippen LogP contribution is -2.18. The number of aliphatic carboxylic acids is 1. The van der Waals surface area contributed by atoms with E-state index in [2.05, 4.69) is 5.32 Å². The molecule has 0 spiro atoms. The molecule has 1 amide bonds. The molecule has 0 unspecified atom stereocenters. The van der Waals surface area contributed by atoms with Crippen molar-refractivity contribution in [1.82, 2.24) is 0 Å². The van der Waals surface area contributed by atoms with Gasteiger partial charge in [0.2, 0.25) is 5.91 Å². The van der Waals surface area contributed by atoms with E-state index in [0.29, 0.717) is 5.56 Å². The number of rotatable bonds is 4. The van der Waals surface area contributed by atoms with Crippen molar-refractivity contribution in [3.05, 3.63) is 33.9 Å². The fraction of sp³-hybridized carbons (Fsp3) is 0.429. The lowest BCUT2D eigenvalue weighted by atomic mass is 10.1. The highest BCUT2D eigenvalue weighted by Crippen LogP contribution is 2.58. The van der Waals surface area contributed by atoms with Crippen molar-refractivity contribution < 1.29 is 19.6 Å². The molecule has 0 heterocycles. The summed E-state index contributed by atoms with van der Waals surface area (Å²) in [6.07, 6.45) is 0. The van der Waals surface area contributed by atoms with Crippen molar-refractivity contribution in [3.8, 4) is 0 Å². The number of anilines is 1.